The third kappa shape index (κ3) is 3.74. The molecule has 1 N–H and O–H groups in total. The van der Waals surface area contributed by atoms with E-state index in [-0.39, 0.29) is 12.3 Å². The van der Waals surface area contributed by atoms with Crippen molar-refractivity contribution in [1.29, 1.82) is 0 Å². The van der Waals surface area contributed by atoms with E-state index in [4.69, 9.17) is 4.74 Å². The lowest BCUT2D eigenvalue weighted by Crippen LogP contribution is -2.15. The molecule has 0 saturated carbocycles. The second kappa shape index (κ2) is 8.32. The van der Waals surface area contributed by atoms with Gasteiger partial charge in [-0.1, -0.05) is 6.07 Å². The van der Waals surface area contributed by atoms with Crippen LogP contribution in [0.15, 0.2) is 61.2 Å². The molecule has 0 atom stereocenters. The van der Waals surface area contributed by atoms with Gasteiger partial charge in [0.15, 0.2) is 5.69 Å². The highest BCUT2D eigenvalue weighted by Gasteiger charge is 2.25. The van der Waals surface area contributed by atoms with Crippen LogP contribution in [0.5, 0.6) is 0 Å². The largest absolute Gasteiger partial charge is 0.461 e. The molecule has 152 valence electrons. The number of carbonyl (C=O) groups excluding carboxylic acids is 1. The van der Waals surface area contributed by atoms with Gasteiger partial charge in [0.25, 0.3) is 0 Å². The van der Waals surface area contributed by atoms with E-state index in [0.717, 1.165) is 16.6 Å². The zero-order valence-electron chi connectivity index (χ0n) is 16.7. The van der Waals surface area contributed by atoms with E-state index in [2.05, 4.69) is 15.3 Å². The zero-order chi connectivity index (χ0) is 21.1. The van der Waals surface area contributed by atoms with Crippen molar-refractivity contribution in [3.63, 3.8) is 0 Å². The smallest absolute Gasteiger partial charge is 0.357 e. The molecule has 30 heavy (non-hydrogen) atoms. The van der Waals surface area contributed by atoms with Crippen LogP contribution in [0.4, 0.5) is 15.8 Å². The van der Waals surface area contributed by atoms with Crippen molar-refractivity contribution in [3.05, 3.63) is 83.8 Å². The maximum atomic E-state index is 14.6. The Morgan fingerprint density at radius 3 is 2.63 bits per heavy atom. The maximum Gasteiger partial charge on any atom is 0.357 e. The second-order valence-electron chi connectivity index (χ2n) is 6.89. The molecule has 7 heteroatoms. The van der Waals surface area contributed by atoms with Crippen LogP contribution in [-0.2, 0) is 11.3 Å². The van der Waals surface area contributed by atoms with Crippen molar-refractivity contribution < 1.29 is 13.9 Å². The molecular weight excluding hydrogens is 383 g/mol. The first-order valence-electron chi connectivity index (χ1n) is 9.64. The number of hydrogen-bond donors (Lipinski definition) is 1. The molecule has 0 aliphatic heterocycles. The van der Waals surface area contributed by atoms with E-state index in [9.17, 15) is 9.18 Å². The second-order valence-corrected chi connectivity index (χ2v) is 6.89. The molecule has 0 amide bonds. The van der Waals surface area contributed by atoms with Gasteiger partial charge in [-0.15, -0.1) is 0 Å². The van der Waals surface area contributed by atoms with Gasteiger partial charge in [0.05, 0.1) is 23.5 Å². The summed E-state index contributed by atoms with van der Waals surface area (Å²) >= 11 is 0. The van der Waals surface area contributed by atoms with Gasteiger partial charge in [-0.25, -0.2) is 9.18 Å². The van der Waals surface area contributed by atoms with E-state index in [1.807, 2.05) is 35.8 Å². The van der Waals surface area contributed by atoms with Gasteiger partial charge in [0, 0.05) is 36.7 Å². The maximum absolute atomic E-state index is 14.6. The topological polar surface area (TPSA) is 69.0 Å². The van der Waals surface area contributed by atoms with Crippen LogP contribution >= 0.6 is 0 Å². The highest BCUT2D eigenvalue weighted by Crippen LogP contribution is 2.35. The van der Waals surface area contributed by atoms with E-state index >= 15 is 0 Å². The monoisotopic (exact) mass is 404 g/mol. The first-order valence-corrected chi connectivity index (χ1v) is 9.64. The number of fused-ring (bicyclic) bond motifs is 1. The number of carbonyl (C=O) groups is 1. The van der Waals surface area contributed by atoms with Gasteiger partial charge < -0.3 is 14.6 Å². The number of aryl methyl sites for hydroxylation is 1. The number of pyridine rings is 2. The number of rotatable bonds is 6. The summed E-state index contributed by atoms with van der Waals surface area (Å²) in [7, 11) is 0. The Morgan fingerprint density at radius 1 is 1.13 bits per heavy atom. The number of nitrogens with one attached hydrogen (secondary N) is 1. The SMILES string of the molecule is CCOC(=O)c1c(Nc2ccc(C)cc2F)c2cnccc2n1Cc1ccncc1. The van der Waals surface area contributed by atoms with Crippen molar-refractivity contribution in [1.82, 2.24) is 14.5 Å². The molecule has 4 rings (SSSR count). The standard InChI is InChI=1S/C23H21FN4O2/c1-3-30-23(29)22-21(27-19-5-4-15(2)12-18(19)24)17-13-26-11-8-20(17)28(22)14-16-6-9-25-10-7-16/h4-13,27H,3,14H2,1-2H3. The summed E-state index contributed by atoms with van der Waals surface area (Å²) < 4.78 is 21.8. The van der Waals surface area contributed by atoms with Crippen molar-refractivity contribution in [2.45, 2.75) is 20.4 Å². The van der Waals surface area contributed by atoms with Crippen molar-refractivity contribution in [2.24, 2.45) is 0 Å². The molecule has 3 aromatic heterocycles. The summed E-state index contributed by atoms with van der Waals surface area (Å²) in [6, 6.07) is 10.5. The Labute approximate surface area is 173 Å². The number of anilines is 2. The van der Waals surface area contributed by atoms with E-state index in [1.165, 1.54) is 6.07 Å². The zero-order valence-corrected chi connectivity index (χ0v) is 16.7. The number of benzene rings is 1. The Balaban J connectivity index is 1.91. The third-order valence-electron chi connectivity index (χ3n) is 4.81. The van der Waals surface area contributed by atoms with Gasteiger partial charge >= 0.3 is 5.97 Å². The minimum Gasteiger partial charge on any atom is -0.461 e. The van der Waals surface area contributed by atoms with Gasteiger partial charge in [-0.2, -0.15) is 0 Å². The molecule has 0 unspecified atom stereocenters. The number of ether oxygens (including phenoxy) is 1. The molecule has 0 bridgehead atoms. The minimum absolute atomic E-state index is 0.228. The molecule has 1 aromatic carbocycles. The lowest BCUT2D eigenvalue weighted by molar-refractivity contribution is 0.0516. The van der Waals surface area contributed by atoms with Crippen LogP contribution in [0.3, 0.4) is 0 Å². The number of esters is 1. The summed E-state index contributed by atoms with van der Waals surface area (Å²) in [4.78, 5) is 21.2. The first-order chi connectivity index (χ1) is 14.6. The predicted molar refractivity (Wildman–Crippen MR) is 113 cm³/mol. The van der Waals surface area contributed by atoms with Gasteiger partial charge in [-0.05, 0) is 55.3 Å². The highest BCUT2D eigenvalue weighted by atomic mass is 19.1. The van der Waals surface area contributed by atoms with Gasteiger partial charge in [0.1, 0.15) is 5.82 Å². The van der Waals surface area contributed by atoms with Crippen LogP contribution in [0.25, 0.3) is 10.9 Å². The van der Waals surface area contributed by atoms with Crippen molar-refractivity contribution in [3.8, 4) is 0 Å². The predicted octanol–water partition coefficient (Wildman–Crippen LogP) is 4.85. The fraction of sp³-hybridized carbons (Fsp3) is 0.174. The van der Waals surface area contributed by atoms with E-state index in [0.29, 0.717) is 23.3 Å². The molecular formula is C23H21FN4O2. The third-order valence-corrected chi connectivity index (χ3v) is 4.81. The first kappa shape index (κ1) is 19.6. The van der Waals surface area contributed by atoms with Crippen LogP contribution in [-0.4, -0.2) is 27.1 Å². The normalized spacial score (nSPS) is 10.9. The van der Waals surface area contributed by atoms with Gasteiger partial charge in [0.2, 0.25) is 0 Å². The minimum atomic E-state index is -0.488. The Kier molecular flexibility index (Phi) is 5.43. The number of nitrogens with zero attached hydrogens (tertiary/aromatic N) is 3. The summed E-state index contributed by atoms with van der Waals surface area (Å²) in [5.41, 5.74) is 3.63. The van der Waals surface area contributed by atoms with E-state index in [1.54, 1.807) is 37.8 Å². The van der Waals surface area contributed by atoms with Crippen LogP contribution in [0, 0.1) is 12.7 Å². The number of halogens is 1. The molecule has 0 aliphatic carbocycles. The lowest BCUT2D eigenvalue weighted by Gasteiger charge is -2.13. The number of hydrogen-bond acceptors (Lipinski definition) is 5. The average Bonchev–Trinajstić information content (AvgIpc) is 3.04. The molecule has 0 fully saturated rings. The molecule has 0 aliphatic rings. The van der Waals surface area contributed by atoms with Crippen LogP contribution in [0.2, 0.25) is 0 Å². The summed E-state index contributed by atoms with van der Waals surface area (Å²) in [5, 5.41) is 3.81. The fourth-order valence-electron chi connectivity index (χ4n) is 3.43. The fourth-order valence-corrected chi connectivity index (χ4v) is 3.43. The lowest BCUT2D eigenvalue weighted by atomic mass is 10.2. The molecule has 6 nitrogen and oxygen atoms in total. The molecule has 0 saturated heterocycles. The molecule has 0 radical (unpaired) electrons. The Morgan fingerprint density at radius 2 is 1.90 bits per heavy atom. The Bertz CT molecular complexity index is 1200. The number of aromatic nitrogens is 3. The molecule has 3 heterocycles. The quantitative estimate of drug-likeness (QED) is 0.466. The molecule has 4 aromatic rings. The van der Waals surface area contributed by atoms with Crippen molar-refractivity contribution in [2.75, 3.05) is 11.9 Å². The van der Waals surface area contributed by atoms with E-state index < -0.39 is 11.8 Å². The molecule has 0 spiro atoms. The highest BCUT2D eigenvalue weighted by molar-refractivity contribution is 6.07. The summed E-state index contributed by atoms with van der Waals surface area (Å²) in [6.45, 7) is 4.23. The van der Waals surface area contributed by atoms with Crippen molar-refractivity contribution >= 4 is 28.2 Å². The van der Waals surface area contributed by atoms with Crippen LogP contribution in [0.1, 0.15) is 28.5 Å². The Hall–Kier alpha value is -3.74. The van der Waals surface area contributed by atoms with Crippen LogP contribution < -0.4 is 5.32 Å². The summed E-state index contributed by atoms with van der Waals surface area (Å²) in [6.07, 6.45) is 6.73. The summed E-state index contributed by atoms with van der Waals surface area (Å²) in [5.74, 6) is -0.887. The van der Waals surface area contributed by atoms with Gasteiger partial charge in [-0.3, -0.25) is 9.97 Å². The average molecular weight is 404 g/mol.